The Morgan fingerprint density at radius 1 is 1.19 bits per heavy atom. The molecule has 1 N–H and O–H groups in total. The molecular weight excluding hydrogens is 278 g/mol. The molecule has 2 rings (SSSR count). The van der Waals surface area contributed by atoms with E-state index in [0.717, 1.165) is 18.0 Å². The Kier molecular flexibility index (Phi) is 4.75. The minimum atomic E-state index is 0.398. The third-order valence-electron chi connectivity index (χ3n) is 5.84. The lowest BCUT2D eigenvalue weighted by atomic mass is 9.96. The van der Waals surface area contributed by atoms with Gasteiger partial charge in [-0.15, -0.1) is 0 Å². The van der Waals surface area contributed by atoms with Crippen molar-refractivity contribution in [1.29, 1.82) is 0 Å². The van der Waals surface area contributed by atoms with Crippen LogP contribution < -0.4 is 5.32 Å². The minimum absolute atomic E-state index is 0.398. The van der Waals surface area contributed by atoms with Gasteiger partial charge in [-0.2, -0.15) is 0 Å². The maximum Gasteiger partial charge on any atom is 0.0441 e. The molecule has 0 radical (unpaired) electrons. The van der Waals surface area contributed by atoms with Gasteiger partial charge in [0.15, 0.2) is 0 Å². The zero-order chi connectivity index (χ0) is 15.8. The summed E-state index contributed by atoms with van der Waals surface area (Å²) >= 11 is 6.45. The van der Waals surface area contributed by atoms with E-state index < -0.39 is 0 Å². The molecule has 1 aliphatic carbocycles. The van der Waals surface area contributed by atoms with E-state index >= 15 is 0 Å². The van der Waals surface area contributed by atoms with Gasteiger partial charge >= 0.3 is 0 Å². The Morgan fingerprint density at radius 2 is 1.81 bits per heavy atom. The van der Waals surface area contributed by atoms with Gasteiger partial charge in [-0.25, -0.2) is 0 Å². The predicted molar refractivity (Wildman–Crippen MR) is 93.0 cm³/mol. The summed E-state index contributed by atoms with van der Waals surface area (Å²) in [5.74, 6) is 0.703. The lowest BCUT2D eigenvalue weighted by Crippen LogP contribution is -2.36. The first kappa shape index (κ1) is 16.8. The topological polar surface area (TPSA) is 12.0 Å². The van der Waals surface area contributed by atoms with E-state index in [2.05, 4.69) is 65.1 Å². The molecule has 0 heterocycles. The van der Waals surface area contributed by atoms with E-state index in [9.17, 15) is 0 Å². The van der Waals surface area contributed by atoms with Crippen molar-refractivity contribution in [1.82, 2.24) is 5.32 Å². The smallest absolute Gasteiger partial charge is 0.0441 e. The van der Waals surface area contributed by atoms with Crippen LogP contribution in [-0.2, 0) is 6.42 Å². The monoisotopic (exact) mass is 307 g/mol. The molecule has 1 saturated carbocycles. The summed E-state index contributed by atoms with van der Waals surface area (Å²) in [6, 6.07) is 6.95. The Labute approximate surface area is 135 Å². The van der Waals surface area contributed by atoms with Gasteiger partial charge in [0.1, 0.15) is 0 Å². The molecule has 1 fully saturated rings. The van der Waals surface area contributed by atoms with Crippen LogP contribution in [0, 0.1) is 23.7 Å². The van der Waals surface area contributed by atoms with Crippen molar-refractivity contribution in [2.24, 2.45) is 16.7 Å². The molecule has 2 heteroatoms. The summed E-state index contributed by atoms with van der Waals surface area (Å²) < 4.78 is 0. The summed E-state index contributed by atoms with van der Waals surface area (Å²) in [7, 11) is 0. The fourth-order valence-electron chi connectivity index (χ4n) is 3.95. The zero-order valence-electron chi connectivity index (χ0n) is 14.4. The van der Waals surface area contributed by atoms with Crippen molar-refractivity contribution in [2.75, 3.05) is 6.54 Å². The highest BCUT2D eigenvalue weighted by Gasteiger charge is 2.66. The van der Waals surface area contributed by atoms with Crippen LogP contribution in [0.5, 0.6) is 0 Å². The van der Waals surface area contributed by atoms with Crippen LogP contribution in [-0.4, -0.2) is 12.6 Å². The zero-order valence-corrected chi connectivity index (χ0v) is 15.1. The number of aryl methyl sites for hydroxylation is 1. The fraction of sp³-hybridized carbons (Fsp3) is 0.684. The van der Waals surface area contributed by atoms with Crippen LogP contribution in [0.3, 0.4) is 0 Å². The second-order valence-corrected chi connectivity index (χ2v) is 8.19. The number of nitrogens with one attached hydrogen (secondary N) is 1. The normalized spacial score (nSPS) is 21.3. The highest BCUT2D eigenvalue weighted by molar-refractivity contribution is 6.31. The maximum atomic E-state index is 6.45. The van der Waals surface area contributed by atoms with Crippen molar-refractivity contribution in [2.45, 2.75) is 60.4 Å². The average Bonchev–Trinajstić information content (AvgIpc) is 2.78. The Bertz CT molecular complexity index is 490. The van der Waals surface area contributed by atoms with E-state index in [0.29, 0.717) is 22.8 Å². The van der Waals surface area contributed by atoms with E-state index in [-0.39, 0.29) is 0 Å². The molecule has 0 amide bonds. The molecule has 0 aromatic heterocycles. The summed E-state index contributed by atoms with van der Waals surface area (Å²) in [6.07, 6.45) is 2.20. The molecule has 118 valence electrons. The van der Waals surface area contributed by atoms with Gasteiger partial charge in [0.25, 0.3) is 0 Å². The van der Waals surface area contributed by atoms with E-state index in [4.69, 9.17) is 11.6 Å². The molecule has 1 aromatic carbocycles. The molecule has 1 nitrogen and oxygen atoms in total. The first-order valence-electron chi connectivity index (χ1n) is 8.20. The minimum Gasteiger partial charge on any atom is -0.313 e. The van der Waals surface area contributed by atoms with Gasteiger partial charge < -0.3 is 5.32 Å². The number of rotatable bonds is 6. The van der Waals surface area contributed by atoms with Crippen molar-refractivity contribution >= 4 is 11.6 Å². The van der Waals surface area contributed by atoms with Crippen molar-refractivity contribution < 1.29 is 0 Å². The van der Waals surface area contributed by atoms with Crippen molar-refractivity contribution in [3.63, 3.8) is 0 Å². The molecule has 1 aliphatic rings. The Morgan fingerprint density at radius 3 is 2.29 bits per heavy atom. The fourth-order valence-corrected chi connectivity index (χ4v) is 4.26. The largest absolute Gasteiger partial charge is 0.313 e. The molecule has 1 unspecified atom stereocenters. The first-order chi connectivity index (χ1) is 9.71. The average molecular weight is 308 g/mol. The maximum absolute atomic E-state index is 6.45. The van der Waals surface area contributed by atoms with Gasteiger partial charge in [-0.1, -0.05) is 58.4 Å². The van der Waals surface area contributed by atoms with Crippen LogP contribution in [0.4, 0.5) is 0 Å². The van der Waals surface area contributed by atoms with Crippen LogP contribution in [0.2, 0.25) is 5.02 Å². The first-order valence-corrected chi connectivity index (χ1v) is 8.58. The van der Waals surface area contributed by atoms with E-state index in [1.54, 1.807) is 0 Å². The van der Waals surface area contributed by atoms with Crippen molar-refractivity contribution in [3.05, 3.63) is 34.3 Å². The SMILES string of the molecule is CCCNC(Cc1ccc(C)cc1Cl)C1C(C)(C)C1(C)C. The number of hydrogen-bond donors (Lipinski definition) is 1. The lowest BCUT2D eigenvalue weighted by Gasteiger charge is -2.22. The molecule has 0 bridgehead atoms. The third-order valence-corrected chi connectivity index (χ3v) is 6.19. The van der Waals surface area contributed by atoms with Gasteiger partial charge in [-0.3, -0.25) is 0 Å². The number of benzene rings is 1. The Balaban J connectivity index is 2.18. The van der Waals surface area contributed by atoms with Gasteiger partial charge in [0.05, 0.1) is 0 Å². The van der Waals surface area contributed by atoms with Crippen LogP contribution in [0.1, 0.15) is 52.2 Å². The van der Waals surface area contributed by atoms with Gasteiger partial charge in [0.2, 0.25) is 0 Å². The van der Waals surface area contributed by atoms with Crippen LogP contribution >= 0.6 is 11.6 Å². The number of halogens is 1. The molecule has 1 atom stereocenters. The Hall–Kier alpha value is -0.530. The molecule has 0 aliphatic heterocycles. The molecule has 0 spiro atoms. The van der Waals surface area contributed by atoms with Crippen molar-refractivity contribution in [3.8, 4) is 0 Å². The molecular formula is C19H30ClN. The molecule has 21 heavy (non-hydrogen) atoms. The van der Waals surface area contributed by atoms with Gasteiger partial charge in [-0.05, 0) is 60.3 Å². The van der Waals surface area contributed by atoms with Crippen LogP contribution in [0.15, 0.2) is 18.2 Å². The summed E-state index contributed by atoms with van der Waals surface area (Å²) in [4.78, 5) is 0. The third kappa shape index (κ3) is 3.14. The summed E-state index contributed by atoms with van der Waals surface area (Å²) in [5.41, 5.74) is 3.30. The highest BCUT2D eigenvalue weighted by Crippen LogP contribution is 2.69. The summed E-state index contributed by atoms with van der Waals surface area (Å²) in [6.45, 7) is 15.0. The van der Waals surface area contributed by atoms with Crippen LogP contribution in [0.25, 0.3) is 0 Å². The predicted octanol–water partition coefficient (Wildman–Crippen LogP) is 5.24. The lowest BCUT2D eigenvalue weighted by molar-refractivity contribution is 0.395. The van der Waals surface area contributed by atoms with E-state index in [1.807, 2.05) is 0 Å². The quantitative estimate of drug-likeness (QED) is 0.757. The van der Waals surface area contributed by atoms with E-state index in [1.165, 1.54) is 17.5 Å². The molecule has 0 saturated heterocycles. The molecule has 1 aromatic rings. The van der Waals surface area contributed by atoms with Gasteiger partial charge in [0, 0.05) is 11.1 Å². The highest BCUT2D eigenvalue weighted by atomic mass is 35.5. The second kappa shape index (κ2) is 5.93. The second-order valence-electron chi connectivity index (χ2n) is 7.78. The summed E-state index contributed by atoms with van der Waals surface area (Å²) in [5, 5.41) is 4.69. The number of hydrogen-bond acceptors (Lipinski definition) is 1. The standard InChI is InChI=1S/C19H30ClN/c1-7-10-21-16(17-18(3,4)19(17,5)6)12-14-9-8-13(2)11-15(14)20/h8-9,11,16-17,21H,7,10,12H2,1-6H3.